The highest BCUT2D eigenvalue weighted by molar-refractivity contribution is 7.71. The molecule has 0 spiro atoms. The van der Waals surface area contributed by atoms with Crippen molar-refractivity contribution in [2.45, 2.75) is 26.8 Å². The number of imidazole rings is 2. The van der Waals surface area contributed by atoms with Gasteiger partial charge >= 0.3 is 0 Å². The first-order valence-electron chi connectivity index (χ1n) is 6.32. The summed E-state index contributed by atoms with van der Waals surface area (Å²) < 4.78 is 4.98. The average Bonchev–Trinajstić information content (AvgIpc) is 2.90. The SMILES string of the molecule is Cc1nccn1-c1ccc2[nH]c(=S)n(C(C)C)c2c1. The molecule has 0 aliphatic carbocycles. The molecule has 0 radical (unpaired) electrons. The van der Waals surface area contributed by atoms with Crippen LogP contribution in [0.3, 0.4) is 0 Å². The molecule has 4 nitrogen and oxygen atoms in total. The molecule has 1 aromatic carbocycles. The van der Waals surface area contributed by atoms with Crippen LogP contribution in [0.25, 0.3) is 16.7 Å². The van der Waals surface area contributed by atoms with Gasteiger partial charge in [-0.3, -0.25) is 0 Å². The van der Waals surface area contributed by atoms with Gasteiger partial charge in [0.25, 0.3) is 0 Å². The Labute approximate surface area is 116 Å². The number of hydrogen-bond acceptors (Lipinski definition) is 2. The highest BCUT2D eigenvalue weighted by Gasteiger charge is 2.09. The largest absolute Gasteiger partial charge is 0.331 e. The molecule has 0 atom stereocenters. The summed E-state index contributed by atoms with van der Waals surface area (Å²) in [6.07, 6.45) is 3.78. The van der Waals surface area contributed by atoms with Crippen LogP contribution < -0.4 is 0 Å². The average molecular weight is 272 g/mol. The Morgan fingerprint density at radius 3 is 2.74 bits per heavy atom. The Bertz CT molecular complexity index is 791. The molecule has 0 aliphatic rings. The van der Waals surface area contributed by atoms with Crippen molar-refractivity contribution in [1.82, 2.24) is 19.1 Å². The minimum atomic E-state index is 0.334. The molecule has 0 unspecified atom stereocenters. The molecule has 2 heterocycles. The van der Waals surface area contributed by atoms with Crippen LogP contribution in [0.4, 0.5) is 0 Å². The van der Waals surface area contributed by atoms with Gasteiger partial charge in [0.1, 0.15) is 5.82 Å². The van der Waals surface area contributed by atoms with Crippen molar-refractivity contribution in [3.05, 3.63) is 41.2 Å². The topological polar surface area (TPSA) is 38.5 Å². The standard InChI is InChI=1S/C14H16N4S/c1-9(2)18-13-8-11(17-7-6-15-10(17)3)4-5-12(13)16-14(18)19/h4-9H,1-3H3,(H,16,19). The summed E-state index contributed by atoms with van der Waals surface area (Å²) in [5.74, 6) is 0.976. The van der Waals surface area contributed by atoms with E-state index in [2.05, 4.69) is 51.1 Å². The molecule has 2 aromatic heterocycles. The zero-order valence-electron chi connectivity index (χ0n) is 11.2. The predicted molar refractivity (Wildman–Crippen MR) is 79.4 cm³/mol. The molecular weight excluding hydrogens is 256 g/mol. The van der Waals surface area contributed by atoms with E-state index < -0.39 is 0 Å². The monoisotopic (exact) mass is 272 g/mol. The van der Waals surface area contributed by atoms with E-state index in [0.29, 0.717) is 6.04 Å². The van der Waals surface area contributed by atoms with Gasteiger partial charge in [0.15, 0.2) is 4.77 Å². The van der Waals surface area contributed by atoms with Crippen LogP contribution in [0.2, 0.25) is 0 Å². The molecule has 19 heavy (non-hydrogen) atoms. The van der Waals surface area contributed by atoms with Gasteiger partial charge in [-0.15, -0.1) is 0 Å². The van der Waals surface area contributed by atoms with Crippen LogP contribution in [-0.2, 0) is 0 Å². The van der Waals surface area contributed by atoms with Crippen molar-refractivity contribution in [2.75, 3.05) is 0 Å². The van der Waals surface area contributed by atoms with Crippen LogP contribution in [0.5, 0.6) is 0 Å². The molecule has 5 heteroatoms. The number of nitrogens with one attached hydrogen (secondary N) is 1. The maximum Gasteiger partial charge on any atom is 0.178 e. The van der Waals surface area contributed by atoms with Gasteiger partial charge in [-0.25, -0.2) is 4.98 Å². The molecule has 0 aliphatic heterocycles. The van der Waals surface area contributed by atoms with Crippen molar-refractivity contribution in [3.8, 4) is 5.69 Å². The minimum absolute atomic E-state index is 0.334. The number of aryl methyl sites for hydroxylation is 1. The van der Waals surface area contributed by atoms with E-state index in [1.807, 2.05) is 19.3 Å². The number of nitrogens with zero attached hydrogens (tertiary/aromatic N) is 3. The van der Waals surface area contributed by atoms with Gasteiger partial charge in [-0.2, -0.15) is 0 Å². The second kappa shape index (κ2) is 4.35. The van der Waals surface area contributed by atoms with Gasteiger partial charge < -0.3 is 14.1 Å². The second-order valence-corrected chi connectivity index (χ2v) is 5.33. The first-order chi connectivity index (χ1) is 9.08. The second-order valence-electron chi connectivity index (χ2n) is 4.94. The van der Waals surface area contributed by atoms with Crippen molar-refractivity contribution in [2.24, 2.45) is 0 Å². The first-order valence-corrected chi connectivity index (χ1v) is 6.73. The fourth-order valence-electron chi connectivity index (χ4n) is 2.42. The molecule has 3 aromatic rings. The Morgan fingerprint density at radius 1 is 1.32 bits per heavy atom. The zero-order valence-corrected chi connectivity index (χ0v) is 12.0. The number of fused-ring (bicyclic) bond motifs is 1. The third kappa shape index (κ3) is 1.90. The summed E-state index contributed by atoms with van der Waals surface area (Å²) in [6.45, 7) is 6.27. The van der Waals surface area contributed by atoms with Crippen LogP contribution in [-0.4, -0.2) is 19.1 Å². The maximum absolute atomic E-state index is 5.39. The highest BCUT2D eigenvalue weighted by Crippen LogP contribution is 2.22. The number of H-pyrrole nitrogens is 1. The minimum Gasteiger partial charge on any atom is -0.331 e. The summed E-state index contributed by atoms with van der Waals surface area (Å²) in [4.78, 5) is 7.51. The van der Waals surface area contributed by atoms with Gasteiger partial charge in [0.05, 0.1) is 11.0 Å². The lowest BCUT2D eigenvalue weighted by Crippen LogP contribution is -2.01. The number of aromatic nitrogens is 4. The van der Waals surface area contributed by atoms with Crippen LogP contribution in [0.1, 0.15) is 25.7 Å². The molecule has 0 fully saturated rings. The molecule has 0 amide bonds. The first kappa shape index (κ1) is 12.2. The number of rotatable bonds is 2. The third-order valence-electron chi connectivity index (χ3n) is 3.32. The van der Waals surface area contributed by atoms with E-state index in [1.54, 1.807) is 0 Å². The molecule has 0 saturated heterocycles. The molecule has 3 rings (SSSR count). The fourth-order valence-corrected chi connectivity index (χ4v) is 2.84. The fraction of sp³-hybridized carbons (Fsp3) is 0.286. The van der Waals surface area contributed by atoms with Crippen LogP contribution >= 0.6 is 12.2 Å². The van der Waals surface area contributed by atoms with Crippen molar-refractivity contribution < 1.29 is 0 Å². The maximum atomic E-state index is 5.39. The zero-order chi connectivity index (χ0) is 13.6. The van der Waals surface area contributed by atoms with E-state index in [4.69, 9.17) is 12.2 Å². The normalized spacial score (nSPS) is 11.6. The van der Waals surface area contributed by atoms with Crippen molar-refractivity contribution >= 4 is 23.3 Å². The van der Waals surface area contributed by atoms with Gasteiger partial charge in [-0.1, -0.05) is 0 Å². The smallest absolute Gasteiger partial charge is 0.178 e. The number of hydrogen-bond donors (Lipinski definition) is 1. The summed E-state index contributed by atoms with van der Waals surface area (Å²) in [5, 5.41) is 0. The molecule has 0 saturated carbocycles. The molecule has 98 valence electrons. The van der Waals surface area contributed by atoms with Crippen molar-refractivity contribution in [1.29, 1.82) is 0 Å². The Kier molecular flexibility index (Phi) is 2.78. The highest BCUT2D eigenvalue weighted by atomic mass is 32.1. The van der Waals surface area contributed by atoms with E-state index in [9.17, 15) is 0 Å². The lowest BCUT2D eigenvalue weighted by atomic mass is 10.2. The Balaban J connectivity index is 2.28. The molecule has 1 N–H and O–H groups in total. The summed E-state index contributed by atoms with van der Waals surface area (Å²) in [7, 11) is 0. The molecule has 0 bridgehead atoms. The molecular formula is C14H16N4S. The number of benzene rings is 1. The van der Waals surface area contributed by atoms with E-state index in [1.165, 1.54) is 0 Å². The Morgan fingerprint density at radius 2 is 2.11 bits per heavy atom. The summed E-state index contributed by atoms with van der Waals surface area (Å²) in [6, 6.07) is 6.63. The lowest BCUT2D eigenvalue weighted by molar-refractivity contribution is 0.610. The summed E-state index contributed by atoms with van der Waals surface area (Å²) in [5.41, 5.74) is 3.30. The lowest BCUT2D eigenvalue weighted by Gasteiger charge is -2.10. The van der Waals surface area contributed by atoms with Gasteiger partial charge in [-0.05, 0) is 51.2 Å². The predicted octanol–water partition coefficient (Wildman–Crippen LogP) is 3.77. The van der Waals surface area contributed by atoms with E-state index in [0.717, 1.165) is 27.3 Å². The quantitative estimate of drug-likeness (QED) is 0.721. The van der Waals surface area contributed by atoms with Crippen LogP contribution in [0.15, 0.2) is 30.6 Å². The van der Waals surface area contributed by atoms with Crippen LogP contribution in [0, 0.1) is 11.7 Å². The Hall–Kier alpha value is -1.88. The van der Waals surface area contributed by atoms with Gasteiger partial charge in [0, 0.05) is 24.1 Å². The third-order valence-corrected chi connectivity index (χ3v) is 3.62. The van der Waals surface area contributed by atoms with Gasteiger partial charge in [0.2, 0.25) is 0 Å². The summed E-state index contributed by atoms with van der Waals surface area (Å²) >= 11 is 5.39. The number of aromatic amines is 1. The van der Waals surface area contributed by atoms with E-state index in [-0.39, 0.29) is 0 Å². The van der Waals surface area contributed by atoms with E-state index >= 15 is 0 Å². The van der Waals surface area contributed by atoms with Crippen molar-refractivity contribution in [3.63, 3.8) is 0 Å².